The lowest BCUT2D eigenvalue weighted by molar-refractivity contribution is -0.146. The third-order valence-electron chi connectivity index (χ3n) is 2.56. The Balaban J connectivity index is 1.63. The number of carbonyl (C=O) groups excluding carboxylic acids is 2. The van der Waals surface area contributed by atoms with Crippen molar-refractivity contribution in [2.45, 2.75) is 0 Å². The van der Waals surface area contributed by atoms with Crippen molar-refractivity contribution < 1.29 is 23.8 Å². The van der Waals surface area contributed by atoms with E-state index in [1.165, 1.54) is 0 Å². The zero-order chi connectivity index (χ0) is 16.5. The van der Waals surface area contributed by atoms with Gasteiger partial charge in [-0.2, -0.15) is 0 Å². The van der Waals surface area contributed by atoms with Gasteiger partial charge in [0.25, 0.3) is 0 Å². The van der Waals surface area contributed by atoms with E-state index in [1.807, 2.05) is 6.07 Å². The molecule has 0 aliphatic heterocycles. The summed E-state index contributed by atoms with van der Waals surface area (Å²) < 4.78 is 15.9. The predicted molar refractivity (Wildman–Crippen MR) is 86.2 cm³/mol. The van der Waals surface area contributed by atoms with Crippen LogP contribution in [0, 0.1) is 0 Å². The second-order valence-electron chi connectivity index (χ2n) is 4.29. The summed E-state index contributed by atoms with van der Waals surface area (Å²) in [6, 6.07) is 15.6. The van der Waals surface area contributed by atoms with Crippen molar-refractivity contribution >= 4 is 28.0 Å². The Bertz CT molecular complexity index is 663. The van der Waals surface area contributed by atoms with Gasteiger partial charge < -0.3 is 14.2 Å². The molecule has 2 aromatic rings. The molecule has 0 fully saturated rings. The first-order chi connectivity index (χ1) is 11.1. The van der Waals surface area contributed by atoms with Gasteiger partial charge in [0.2, 0.25) is 0 Å². The summed E-state index contributed by atoms with van der Waals surface area (Å²) in [5.74, 6) is 0.326. The summed E-state index contributed by atoms with van der Waals surface area (Å²) in [5, 5.41) is 2.30. The second kappa shape index (κ2) is 8.79. The smallest absolute Gasteiger partial charge is 0.415 e. The molecule has 0 bridgehead atoms. The molecule has 120 valence electrons. The molecule has 0 radical (unpaired) electrons. The van der Waals surface area contributed by atoms with Gasteiger partial charge >= 0.3 is 12.1 Å². The monoisotopic (exact) mass is 379 g/mol. The Labute approximate surface area is 141 Å². The van der Waals surface area contributed by atoms with E-state index >= 15 is 0 Å². The fraction of sp³-hybridized carbons (Fsp3) is 0.125. The highest BCUT2D eigenvalue weighted by molar-refractivity contribution is 9.10. The van der Waals surface area contributed by atoms with E-state index in [1.54, 1.807) is 48.5 Å². The van der Waals surface area contributed by atoms with Gasteiger partial charge in [-0.1, -0.05) is 40.2 Å². The van der Waals surface area contributed by atoms with Crippen molar-refractivity contribution in [3.05, 3.63) is 59.1 Å². The van der Waals surface area contributed by atoms with Crippen LogP contribution >= 0.6 is 15.9 Å². The number of ether oxygens (including phenoxy) is 3. The summed E-state index contributed by atoms with van der Waals surface area (Å²) in [6.45, 7) is -0.557. The van der Waals surface area contributed by atoms with Gasteiger partial charge in [-0.25, -0.2) is 9.59 Å². The molecule has 0 saturated heterocycles. The fourth-order valence-electron chi connectivity index (χ4n) is 1.55. The zero-order valence-electron chi connectivity index (χ0n) is 12.0. The fourth-order valence-corrected chi connectivity index (χ4v) is 1.93. The van der Waals surface area contributed by atoms with Gasteiger partial charge in [0.15, 0.2) is 13.3 Å². The van der Waals surface area contributed by atoms with Gasteiger partial charge in [-0.3, -0.25) is 5.32 Å². The third kappa shape index (κ3) is 6.39. The molecule has 0 saturated carbocycles. The highest BCUT2D eigenvalue weighted by Gasteiger charge is 2.07. The van der Waals surface area contributed by atoms with Crippen LogP contribution in [0.5, 0.6) is 11.5 Å². The number of rotatable bonds is 6. The number of hydrogen-bond acceptors (Lipinski definition) is 5. The summed E-state index contributed by atoms with van der Waals surface area (Å²) in [5.41, 5.74) is 0. The summed E-state index contributed by atoms with van der Waals surface area (Å²) >= 11 is 3.30. The molecule has 0 atom stereocenters. The van der Waals surface area contributed by atoms with Gasteiger partial charge in [0.05, 0.1) is 0 Å². The number of benzene rings is 2. The average molecular weight is 380 g/mol. The Hall–Kier alpha value is -2.54. The van der Waals surface area contributed by atoms with Crippen molar-refractivity contribution in [3.8, 4) is 11.5 Å². The van der Waals surface area contributed by atoms with Gasteiger partial charge in [0, 0.05) is 4.47 Å². The Morgan fingerprint density at radius 2 is 1.74 bits per heavy atom. The molecule has 0 heterocycles. The van der Waals surface area contributed by atoms with Crippen LogP contribution in [0.3, 0.4) is 0 Å². The van der Waals surface area contributed by atoms with Crippen molar-refractivity contribution in [1.29, 1.82) is 0 Å². The first-order valence-corrected chi connectivity index (χ1v) is 7.47. The SMILES string of the molecule is O=C(COc1cccc(Br)c1)OCNC(=O)Oc1ccccc1. The van der Waals surface area contributed by atoms with Crippen molar-refractivity contribution in [2.24, 2.45) is 0 Å². The van der Waals surface area contributed by atoms with Crippen molar-refractivity contribution in [3.63, 3.8) is 0 Å². The van der Waals surface area contributed by atoms with Crippen LogP contribution in [0.1, 0.15) is 0 Å². The summed E-state index contributed by atoms with van der Waals surface area (Å²) in [4.78, 5) is 22.9. The maximum atomic E-state index is 11.5. The molecular formula is C16H14BrNO5. The lowest BCUT2D eigenvalue weighted by atomic mass is 10.3. The van der Waals surface area contributed by atoms with E-state index in [-0.39, 0.29) is 13.3 Å². The standard InChI is InChI=1S/C16H14BrNO5/c17-12-5-4-8-14(9-12)21-10-15(19)22-11-18-16(20)23-13-6-2-1-3-7-13/h1-9H,10-11H2,(H,18,20). The highest BCUT2D eigenvalue weighted by atomic mass is 79.9. The zero-order valence-corrected chi connectivity index (χ0v) is 13.6. The van der Waals surface area contributed by atoms with E-state index in [2.05, 4.69) is 21.2 Å². The Kier molecular flexibility index (Phi) is 6.43. The molecule has 2 rings (SSSR count). The van der Waals surface area contributed by atoms with Crippen molar-refractivity contribution in [1.82, 2.24) is 5.32 Å². The number of halogens is 1. The molecule has 2 aromatic carbocycles. The molecular weight excluding hydrogens is 366 g/mol. The third-order valence-corrected chi connectivity index (χ3v) is 3.05. The first-order valence-electron chi connectivity index (χ1n) is 6.68. The topological polar surface area (TPSA) is 73.9 Å². The molecule has 0 spiro atoms. The normalized spacial score (nSPS) is 9.78. The maximum absolute atomic E-state index is 11.5. The molecule has 0 unspecified atom stereocenters. The minimum Gasteiger partial charge on any atom is -0.482 e. The van der Waals surface area contributed by atoms with Crippen LogP contribution in [0.25, 0.3) is 0 Å². The minimum absolute atomic E-state index is 0.258. The molecule has 0 aliphatic carbocycles. The highest BCUT2D eigenvalue weighted by Crippen LogP contribution is 2.17. The van der Waals surface area contributed by atoms with E-state index in [0.717, 1.165) is 4.47 Å². The molecule has 1 amide bonds. The quantitative estimate of drug-likeness (QED) is 0.616. The largest absolute Gasteiger partial charge is 0.482 e. The summed E-state index contributed by atoms with van der Waals surface area (Å²) in [6.07, 6.45) is -0.711. The van der Waals surface area contributed by atoms with Crippen LogP contribution in [-0.4, -0.2) is 25.4 Å². The molecule has 23 heavy (non-hydrogen) atoms. The number of esters is 1. The van der Waals surface area contributed by atoms with Crippen LogP contribution in [0.4, 0.5) is 4.79 Å². The lowest BCUT2D eigenvalue weighted by Crippen LogP contribution is -2.31. The van der Waals surface area contributed by atoms with Crippen LogP contribution in [0.2, 0.25) is 0 Å². The lowest BCUT2D eigenvalue weighted by Gasteiger charge is -2.08. The summed E-state index contributed by atoms with van der Waals surface area (Å²) in [7, 11) is 0. The second-order valence-corrected chi connectivity index (χ2v) is 5.20. The Morgan fingerprint density at radius 1 is 1.00 bits per heavy atom. The molecule has 1 N–H and O–H groups in total. The maximum Gasteiger partial charge on any atom is 0.415 e. The van der Waals surface area contributed by atoms with E-state index in [4.69, 9.17) is 14.2 Å². The van der Waals surface area contributed by atoms with Crippen LogP contribution in [0.15, 0.2) is 59.1 Å². The molecule has 6 nitrogen and oxygen atoms in total. The number of para-hydroxylation sites is 1. The van der Waals surface area contributed by atoms with Crippen LogP contribution in [-0.2, 0) is 9.53 Å². The number of nitrogens with one attached hydrogen (secondary N) is 1. The van der Waals surface area contributed by atoms with Gasteiger partial charge in [-0.05, 0) is 30.3 Å². The molecule has 0 aromatic heterocycles. The van der Waals surface area contributed by atoms with Crippen LogP contribution < -0.4 is 14.8 Å². The van der Waals surface area contributed by atoms with Gasteiger partial charge in [-0.15, -0.1) is 0 Å². The first kappa shape index (κ1) is 16.8. The van der Waals surface area contributed by atoms with E-state index in [0.29, 0.717) is 11.5 Å². The number of carbonyl (C=O) groups is 2. The van der Waals surface area contributed by atoms with E-state index in [9.17, 15) is 9.59 Å². The number of amides is 1. The average Bonchev–Trinajstić information content (AvgIpc) is 2.54. The predicted octanol–water partition coefficient (Wildman–Crippen LogP) is 3.12. The molecule has 0 aliphatic rings. The molecule has 7 heteroatoms. The van der Waals surface area contributed by atoms with E-state index < -0.39 is 12.1 Å². The Morgan fingerprint density at radius 3 is 2.48 bits per heavy atom. The number of hydrogen-bond donors (Lipinski definition) is 1. The van der Waals surface area contributed by atoms with Gasteiger partial charge in [0.1, 0.15) is 11.5 Å². The minimum atomic E-state index is -0.711. The van der Waals surface area contributed by atoms with Crippen molar-refractivity contribution in [2.75, 3.05) is 13.3 Å².